The third-order valence-corrected chi connectivity index (χ3v) is 3.01. The molecule has 1 amide bonds. The lowest BCUT2D eigenvalue weighted by Crippen LogP contribution is -2.43. The highest BCUT2D eigenvalue weighted by Crippen LogP contribution is 2.10. The van der Waals surface area contributed by atoms with E-state index in [2.05, 4.69) is 0 Å². The maximum absolute atomic E-state index is 11.8. The number of carbonyl (C=O) groups excluding carboxylic acids is 2. The maximum Gasteiger partial charge on any atom is 0.410 e. The monoisotopic (exact) mass is 263 g/mol. The summed E-state index contributed by atoms with van der Waals surface area (Å²) < 4.78 is 4.76. The molecule has 0 aliphatic carbocycles. The van der Waals surface area contributed by atoms with Crippen LogP contribution >= 0.6 is 0 Å². The Kier molecular flexibility index (Phi) is 6.64. The number of hydrogen-bond donors (Lipinski definition) is 0. The van der Waals surface area contributed by atoms with E-state index in [1.54, 1.807) is 0 Å². The lowest BCUT2D eigenvalue weighted by atomic mass is 10.1. The molecule has 104 valence electrons. The first kappa shape index (κ1) is 15.2. The zero-order chi connectivity index (χ0) is 14.1. The first-order chi connectivity index (χ1) is 9.22. The molecule has 1 aromatic carbocycles. The second-order valence-corrected chi connectivity index (χ2v) is 4.41. The summed E-state index contributed by atoms with van der Waals surface area (Å²) in [5, 5.41) is 0. The summed E-state index contributed by atoms with van der Waals surface area (Å²) in [5.41, 5.74) is 1.03. The van der Waals surface area contributed by atoms with Crippen molar-refractivity contribution in [3.8, 4) is 0 Å². The van der Waals surface area contributed by atoms with Crippen molar-refractivity contribution in [3.05, 3.63) is 35.9 Å². The van der Waals surface area contributed by atoms with Gasteiger partial charge in [0.1, 0.15) is 6.29 Å². The Morgan fingerprint density at radius 3 is 2.58 bits per heavy atom. The Balaban J connectivity index is 2.77. The molecular formula is C15H21NO3. The lowest BCUT2D eigenvalue weighted by Gasteiger charge is -2.26. The van der Waals surface area contributed by atoms with E-state index >= 15 is 0 Å². The molecule has 0 N–H and O–H groups in total. The molecule has 0 heterocycles. The predicted octanol–water partition coefficient (Wildman–Crippen LogP) is 2.67. The van der Waals surface area contributed by atoms with Gasteiger partial charge in [-0.25, -0.2) is 4.79 Å². The first-order valence-corrected chi connectivity index (χ1v) is 6.56. The molecule has 0 bridgehead atoms. The molecule has 0 fully saturated rings. The summed E-state index contributed by atoms with van der Waals surface area (Å²) >= 11 is 0. The minimum absolute atomic E-state index is 0.443. The minimum atomic E-state index is -0.471. The van der Waals surface area contributed by atoms with E-state index in [0.29, 0.717) is 13.0 Å². The molecule has 0 spiro atoms. The Hall–Kier alpha value is -1.84. The highest BCUT2D eigenvalue weighted by Gasteiger charge is 2.23. The molecular weight excluding hydrogens is 242 g/mol. The Morgan fingerprint density at radius 2 is 2.05 bits per heavy atom. The number of carbonyl (C=O) groups is 2. The second-order valence-electron chi connectivity index (χ2n) is 4.41. The average molecular weight is 263 g/mol. The Bertz CT molecular complexity index is 392. The van der Waals surface area contributed by atoms with Crippen molar-refractivity contribution in [2.45, 2.75) is 32.2 Å². The zero-order valence-electron chi connectivity index (χ0n) is 11.5. The van der Waals surface area contributed by atoms with E-state index in [0.717, 1.165) is 24.7 Å². The summed E-state index contributed by atoms with van der Waals surface area (Å²) in [4.78, 5) is 24.5. The van der Waals surface area contributed by atoms with E-state index in [1.165, 1.54) is 12.0 Å². The van der Waals surface area contributed by atoms with Crippen LogP contribution in [0.2, 0.25) is 0 Å². The third kappa shape index (κ3) is 4.73. The molecule has 1 rings (SSSR count). The number of unbranched alkanes of at least 4 members (excludes halogenated alkanes) is 1. The lowest BCUT2D eigenvalue weighted by molar-refractivity contribution is -0.112. The smallest absolute Gasteiger partial charge is 0.410 e. The highest BCUT2D eigenvalue weighted by atomic mass is 16.5. The molecule has 19 heavy (non-hydrogen) atoms. The van der Waals surface area contributed by atoms with Gasteiger partial charge in [0.15, 0.2) is 0 Å². The van der Waals surface area contributed by atoms with Crippen LogP contribution in [0.4, 0.5) is 4.79 Å². The molecule has 0 aliphatic heterocycles. The van der Waals surface area contributed by atoms with Crippen molar-refractivity contribution in [3.63, 3.8) is 0 Å². The summed E-state index contributed by atoms with van der Waals surface area (Å²) in [6.07, 6.45) is 2.71. The van der Waals surface area contributed by atoms with Gasteiger partial charge in [-0.3, -0.25) is 4.90 Å². The number of benzene rings is 1. The molecule has 0 saturated heterocycles. The van der Waals surface area contributed by atoms with E-state index < -0.39 is 12.1 Å². The van der Waals surface area contributed by atoms with Crippen molar-refractivity contribution >= 4 is 12.4 Å². The van der Waals surface area contributed by atoms with Gasteiger partial charge in [0.25, 0.3) is 0 Å². The van der Waals surface area contributed by atoms with Crippen molar-refractivity contribution in [2.24, 2.45) is 0 Å². The molecule has 4 heteroatoms. The Morgan fingerprint density at radius 1 is 1.37 bits per heavy atom. The quantitative estimate of drug-likeness (QED) is 0.710. The van der Waals surface area contributed by atoms with Gasteiger partial charge in [0, 0.05) is 6.54 Å². The molecule has 1 atom stereocenters. The van der Waals surface area contributed by atoms with Gasteiger partial charge in [-0.15, -0.1) is 0 Å². The minimum Gasteiger partial charge on any atom is -0.453 e. The van der Waals surface area contributed by atoms with Crippen LogP contribution in [0.15, 0.2) is 30.3 Å². The number of ether oxygens (including phenoxy) is 1. The van der Waals surface area contributed by atoms with Crippen LogP contribution in [0.1, 0.15) is 25.3 Å². The van der Waals surface area contributed by atoms with Crippen molar-refractivity contribution in [2.75, 3.05) is 13.7 Å². The molecule has 0 saturated carbocycles. The van der Waals surface area contributed by atoms with Gasteiger partial charge in [0.2, 0.25) is 0 Å². The number of hydrogen-bond acceptors (Lipinski definition) is 3. The number of amides is 1. The molecule has 0 unspecified atom stereocenters. The van der Waals surface area contributed by atoms with Crippen LogP contribution in [0.5, 0.6) is 0 Å². The van der Waals surface area contributed by atoms with E-state index in [9.17, 15) is 9.59 Å². The SMILES string of the molecule is CCCCN(C(=O)OC)[C@H](C=O)Cc1ccccc1. The Labute approximate surface area is 114 Å². The van der Waals surface area contributed by atoms with E-state index in [-0.39, 0.29) is 0 Å². The van der Waals surface area contributed by atoms with Crippen LogP contribution in [-0.4, -0.2) is 37.0 Å². The third-order valence-electron chi connectivity index (χ3n) is 3.01. The molecule has 0 radical (unpaired) electrons. The van der Waals surface area contributed by atoms with Gasteiger partial charge in [-0.1, -0.05) is 43.7 Å². The van der Waals surface area contributed by atoms with Crippen LogP contribution < -0.4 is 0 Å². The number of methoxy groups -OCH3 is 1. The second kappa shape index (κ2) is 8.29. The van der Waals surface area contributed by atoms with Crippen LogP contribution in [0.3, 0.4) is 0 Å². The van der Waals surface area contributed by atoms with Crippen molar-refractivity contribution in [1.29, 1.82) is 0 Å². The zero-order valence-corrected chi connectivity index (χ0v) is 11.5. The normalized spacial score (nSPS) is 11.7. The fourth-order valence-corrected chi connectivity index (χ4v) is 1.93. The number of aldehydes is 1. The van der Waals surface area contributed by atoms with Gasteiger partial charge >= 0.3 is 6.09 Å². The number of rotatable bonds is 7. The predicted molar refractivity (Wildman–Crippen MR) is 74.0 cm³/mol. The van der Waals surface area contributed by atoms with Gasteiger partial charge in [-0.2, -0.15) is 0 Å². The van der Waals surface area contributed by atoms with Gasteiger partial charge in [0.05, 0.1) is 13.2 Å². The average Bonchev–Trinajstić information content (AvgIpc) is 2.46. The van der Waals surface area contributed by atoms with E-state index in [4.69, 9.17) is 4.74 Å². The summed E-state index contributed by atoms with van der Waals surface area (Å²) in [6.45, 7) is 2.59. The highest BCUT2D eigenvalue weighted by molar-refractivity contribution is 5.73. The standard InChI is InChI=1S/C15H21NO3/c1-3-4-10-16(15(18)19-2)14(12-17)11-13-8-6-5-7-9-13/h5-9,12,14H,3-4,10-11H2,1-2H3/t14-/m0/s1. The van der Waals surface area contributed by atoms with Gasteiger partial charge in [-0.05, 0) is 18.4 Å². The molecule has 4 nitrogen and oxygen atoms in total. The summed E-state index contributed by atoms with van der Waals surface area (Å²) in [6, 6.07) is 9.20. The largest absolute Gasteiger partial charge is 0.453 e. The van der Waals surface area contributed by atoms with Crippen molar-refractivity contribution < 1.29 is 14.3 Å². The van der Waals surface area contributed by atoms with Crippen LogP contribution in [0.25, 0.3) is 0 Å². The van der Waals surface area contributed by atoms with Crippen LogP contribution in [-0.2, 0) is 16.0 Å². The van der Waals surface area contributed by atoms with E-state index in [1.807, 2.05) is 37.3 Å². The topological polar surface area (TPSA) is 46.6 Å². The van der Waals surface area contributed by atoms with Gasteiger partial charge < -0.3 is 9.53 Å². The molecule has 0 aliphatic rings. The summed E-state index contributed by atoms with van der Waals surface area (Å²) in [5.74, 6) is 0. The summed E-state index contributed by atoms with van der Waals surface area (Å²) in [7, 11) is 1.34. The first-order valence-electron chi connectivity index (χ1n) is 6.56. The fraction of sp³-hybridized carbons (Fsp3) is 0.467. The van der Waals surface area contributed by atoms with Crippen molar-refractivity contribution in [1.82, 2.24) is 4.90 Å². The maximum atomic E-state index is 11.8. The number of nitrogens with zero attached hydrogens (tertiary/aromatic N) is 1. The fourth-order valence-electron chi connectivity index (χ4n) is 1.93. The molecule has 0 aromatic heterocycles. The molecule has 1 aromatic rings. The van der Waals surface area contributed by atoms with Crippen LogP contribution in [0, 0.1) is 0 Å².